The zero-order valence-electron chi connectivity index (χ0n) is 11.2. The summed E-state index contributed by atoms with van der Waals surface area (Å²) in [5.41, 5.74) is 11.5. The van der Waals surface area contributed by atoms with Crippen molar-refractivity contribution in [3.63, 3.8) is 0 Å². The van der Waals surface area contributed by atoms with Crippen LogP contribution in [-0.2, 0) is 10.1 Å². The molecule has 22 heavy (non-hydrogen) atoms. The van der Waals surface area contributed by atoms with Crippen LogP contribution in [0.25, 0.3) is 0 Å². The van der Waals surface area contributed by atoms with E-state index >= 15 is 0 Å². The molecule has 0 aromatic heterocycles. The third kappa shape index (κ3) is 1.88. The second kappa shape index (κ2) is 4.52. The van der Waals surface area contributed by atoms with Gasteiger partial charge in [-0.1, -0.05) is 24.3 Å². The maximum Gasteiger partial charge on any atom is 0.296 e. The number of carbonyl (C=O) groups excluding carboxylic acids is 2. The van der Waals surface area contributed by atoms with Crippen LogP contribution in [0.3, 0.4) is 0 Å². The molecule has 0 saturated heterocycles. The Bertz CT molecular complexity index is 882. The van der Waals surface area contributed by atoms with Gasteiger partial charge in [-0.25, -0.2) is 0 Å². The summed E-state index contributed by atoms with van der Waals surface area (Å²) in [5, 5.41) is 0. The van der Waals surface area contributed by atoms with Gasteiger partial charge in [-0.05, 0) is 6.08 Å². The summed E-state index contributed by atoms with van der Waals surface area (Å²) in [6.07, 6.45) is 0.935. The van der Waals surface area contributed by atoms with Crippen molar-refractivity contribution < 1.29 is 22.6 Å². The third-order valence-corrected chi connectivity index (χ3v) is 4.82. The summed E-state index contributed by atoms with van der Waals surface area (Å²) in [6, 6.07) is 6.20. The molecule has 1 aromatic rings. The Hall–Kier alpha value is -2.45. The number of Topliss-reactive ketones (excluding diaryl/α,β-unsaturated/α-hetero) is 2. The minimum atomic E-state index is -4.64. The van der Waals surface area contributed by atoms with Gasteiger partial charge in [0.05, 0.1) is 11.8 Å². The molecular formula is C14H12N2O5S. The van der Waals surface area contributed by atoms with Gasteiger partial charge in [0, 0.05) is 22.5 Å². The number of nitrogens with two attached hydrogens (primary N) is 2. The average Bonchev–Trinajstić information content (AvgIpc) is 2.45. The van der Waals surface area contributed by atoms with Crippen molar-refractivity contribution in [2.75, 3.05) is 0 Å². The molecule has 0 aliphatic heterocycles. The monoisotopic (exact) mass is 320 g/mol. The van der Waals surface area contributed by atoms with E-state index in [0.29, 0.717) is 0 Å². The van der Waals surface area contributed by atoms with Gasteiger partial charge in [0.25, 0.3) is 10.1 Å². The second-order valence-corrected chi connectivity index (χ2v) is 6.56. The van der Waals surface area contributed by atoms with Crippen LogP contribution < -0.4 is 11.5 Å². The van der Waals surface area contributed by atoms with Crippen molar-refractivity contribution in [2.24, 2.45) is 23.3 Å². The van der Waals surface area contributed by atoms with Gasteiger partial charge in [0.2, 0.25) is 0 Å². The number of allylic oxidation sites excluding steroid dienone is 3. The summed E-state index contributed by atoms with van der Waals surface area (Å²) in [5.74, 6) is -3.15. The molecule has 0 bridgehead atoms. The smallest absolute Gasteiger partial charge is 0.296 e. The molecule has 0 saturated carbocycles. The summed E-state index contributed by atoms with van der Waals surface area (Å²) < 4.78 is 32.0. The van der Waals surface area contributed by atoms with E-state index in [1.54, 1.807) is 12.1 Å². The standard InChI is InChI=1S/C14H12N2O5S/c15-8-5-9(22(19,20)21)12(16)11-10(8)13(17)6-3-1-2-4-7(6)14(11)18/h1-5,10-11H,15-16H2,(H,19,20,21). The highest BCUT2D eigenvalue weighted by atomic mass is 32.2. The van der Waals surface area contributed by atoms with Crippen LogP contribution in [0.15, 0.2) is 46.6 Å². The Morgan fingerprint density at radius 1 is 0.955 bits per heavy atom. The van der Waals surface area contributed by atoms with Crippen LogP contribution in [0.1, 0.15) is 20.7 Å². The van der Waals surface area contributed by atoms with Gasteiger partial charge in [-0.2, -0.15) is 8.42 Å². The first-order valence-electron chi connectivity index (χ1n) is 6.35. The first-order valence-corrected chi connectivity index (χ1v) is 7.79. The molecule has 114 valence electrons. The van der Waals surface area contributed by atoms with Crippen LogP contribution in [0.2, 0.25) is 0 Å². The fraction of sp³-hybridized carbons (Fsp3) is 0.143. The maximum absolute atomic E-state index is 12.6. The summed E-state index contributed by atoms with van der Waals surface area (Å²) in [4.78, 5) is 24.5. The number of ketones is 2. The average molecular weight is 320 g/mol. The summed E-state index contributed by atoms with van der Waals surface area (Å²) in [6.45, 7) is 0. The molecule has 2 aliphatic carbocycles. The van der Waals surface area contributed by atoms with Crippen molar-refractivity contribution >= 4 is 21.7 Å². The van der Waals surface area contributed by atoms with Crippen LogP contribution >= 0.6 is 0 Å². The van der Waals surface area contributed by atoms with Gasteiger partial charge in [-0.3, -0.25) is 14.1 Å². The Balaban J connectivity index is 2.28. The fourth-order valence-corrected chi connectivity index (χ4v) is 3.63. The molecule has 2 unspecified atom stereocenters. The number of carbonyl (C=O) groups is 2. The van der Waals surface area contributed by atoms with E-state index in [2.05, 4.69) is 0 Å². The molecule has 5 N–H and O–H groups in total. The fourth-order valence-electron chi connectivity index (χ4n) is 2.92. The van der Waals surface area contributed by atoms with Crippen molar-refractivity contribution in [3.8, 4) is 0 Å². The summed E-state index contributed by atoms with van der Waals surface area (Å²) >= 11 is 0. The lowest BCUT2D eigenvalue weighted by molar-refractivity contribution is 0.0783. The van der Waals surface area contributed by atoms with E-state index in [1.807, 2.05) is 0 Å². The quantitative estimate of drug-likeness (QED) is 0.628. The Morgan fingerprint density at radius 3 is 1.95 bits per heavy atom. The molecular weight excluding hydrogens is 308 g/mol. The van der Waals surface area contributed by atoms with Gasteiger partial charge in [0.1, 0.15) is 4.91 Å². The van der Waals surface area contributed by atoms with Crippen LogP contribution in [0.5, 0.6) is 0 Å². The highest BCUT2D eigenvalue weighted by molar-refractivity contribution is 7.90. The van der Waals surface area contributed by atoms with Crippen LogP contribution in [-0.4, -0.2) is 24.5 Å². The Kier molecular flexibility index (Phi) is 2.98. The molecule has 0 spiro atoms. The summed E-state index contributed by atoms with van der Waals surface area (Å²) in [7, 11) is -4.64. The lowest BCUT2D eigenvalue weighted by atomic mass is 9.69. The van der Waals surface area contributed by atoms with E-state index in [9.17, 15) is 22.6 Å². The minimum Gasteiger partial charge on any atom is -0.401 e. The molecule has 1 aromatic carbocycles. The third-order valence-electron chi connectivity index (χ3n) is 3.91. The zero-order chi connectivity index (χ0) is 16.2. The van der Waals surface area contributed by atoms with E-state index in [-0.39, 0.29) is 22.5 Å². The van der Waals surface area contributed by atoms with Gasteiger partial charge < -0.3 is 11.5 Å². The molecule has 0 fully saturated rings. The number of rotatable bonds is 1. The number of hydrogen-bond acceptors (Lipinski definition) is 6. The predicted octanol–water partition coefficient (Wildman–Crippen LogP) is 0.212. The molecule has 0 heterocycles. The number of hydrogen-bond donors (Lipinski definition) is 3. The zero-order valence-corrected chi connectivity index (χ0v) is 12.0. The van der Waals surface area contributed by atoms with Crippen molar-refractivity contribution in [3.05, 3.63) is 57.8 Å². The first-order chi connectivity index (χ1) is 10.2. The van der Waals surface area contributed by atoms with Crippen LogP contribution in [0.4, 0.5) is 0 Å². The molecule has 2 atom stereocenters. The normalized spacial score (nSPS) is 24.7. The van der Waals surface area contributed by atoms with E-state index in [4.69, 9.17) is 11.5 Å². The van der Waals surface area contributed by atoms with Crippen molar-refractivity contribution in [1.29, 1.82) is 0 Å². The molecule has 8 heteroatoms. The van der Waals surface area contributed by atoms with Crippen molar-refractivity contribution in [1.82, 2.24) is 0 Å². The largest absolute Gasteiger partial charge is 0.401 e. The number of fused-ring (bicyclic) bond motifs is 2. The van der Waals surface area contributed by atoms with E-state index in [0.717, 1.165) is 6.08 Å². The lowest BCUT2D eigenvalue weighted by Gasteiger charge is -2.34. The van der Waals surface area contributed by atoms with E-state index in [1.165, 1.54) is 12.1 Å². The van der Waals surface area contributed by atoms with E-state index < -0.39 is 38.4 Å². The minimum absolute atomic E-state index is 0.111. The molecule has 2 aliphatic rings. The van der Waals surface area contributed by atoms with Gasteiger partial charge in [-0.15, -0.1) is 0 Å². The Labute approximate surface area is 126 Å². The molecule has 7 nitrogen and oxygen atoms in total. The molecule has 0 amide bonds. The van der Waals surface area contributed by atoms with Gasteiger partial charge >= 0.3 is 0 Å². The Morgan fingerprint density at radius 2 is 1.45 bits per heavy atom. The number of benzene rings is 1. The highest BCUT2D eigenvalue weighted by Crippen LogP contribution is 2.40. The lowest BCUT2D eigenvalue weighted by Crippen LogP contribution is -2.44. The van der Waals surface area contributed by atoms with Crippen LogP contribution in [0, 0.1) is 11.8 Å². The topological polar surface area (TPSA) is 141 Å². The first kappa shape index (κ1) is 14.5. The SMILES string of the molecule is NC1=CC(S(=O)(=O)O)=C(N)C2C(=O)c3ccccc3C(=O)C12. The molecule has 0 radical (unpaired) electrons. The predicted molar refractivity (Wildman–Crippen MR) is 77.1 cm³/mol. The highest BCUT2D eigenvalue weighted by Gasteiger charge is 2.47. The second-order valence-electron chi connectivity index (χ2n) is 5.17. The van der Waals surface area contributed by atoms with Crippen molar-refractivity contribution in [2.45, 2.75) is 0 Å². The van der Waals surface area contributed by atoms with Gasteiger partial charge in [0.15, 0.2) is 11.6 Å². The molecule has 3 rings (SSSR count). The maximum atomic E-state index is 12.6.